The Kier molecular flexibility index (Phi) is 4.68. The summed E-state index contributed by atoms with van der Waals surface area (Å²) >= 11 is 0. The van der Waals surface area contributed by atoms with Crippen LogP contribution in [-0.2, 0) is 9.59 Å². The second-order valence-corrected chi connectivity index (χ2v) is 6.46. The zero-order valence-electron chi connectivity index (χ0n) is 12.5. The van der Waals surface area contributed by atoms with Crippen molar-refractivity contribution in [2.45, 2.75) is 51.5 Å². The van der Waals surface area contributed by atoms with Crippen LogP contribution in [0.1, 0.15) is 46.0 Å². The number of aliphatic hydroxyl groups is 1. The van der Waals surface area contributed by atoms with Crippen molar-refractivity contribution in [3.8, 4) is 0 Å². The molecule has 0 bridgehead atoms. The van der Waals surface area contributed by atoms with Gasteiger partial charge < -0.3 is 15.3 Å². The largest absolute Gasteiger partial charge is 0.394 e. The summed E-state index contributed by atoms with van der Waals surface area (Å²) in [5.74, 6) is 0.247. The summed E-state index contributed by atoms with van der Waals surface area (Å²) in [6.45, 7) is 5.24. The molecule has 2 fully saturated rings. The summed E-state index contributed by atoms with van der Waals surface area (Å²) in [7, 11) is 0. The normalized spacial score (nSPS) is 34.4. The number of likely N-dealkylation sites (tertiary alicyclic amines) is 1. The summed E-state index contributed by atoms with van der Waals surface area (Å²) in [5, 5.41) is 12.8. The van der Waals surface area contributed by atoms with E-state index in [4.69, 9.17) is 0 Å². The average molecular weight is 282 g/mol. The fraction of sp³-hybridized carbons (Fsp3) is 0.867. The van der Waals surface area contributed by atoms with Crippen molar-refractivity contribution < 1.29 is 14.7 Å². The van der Waals surface area contributed by atoms with Gasteiger partial charge in [0.1, 0.15) is 0 Å². The van der Waals surface area contributed by atoms with E-state index in [9.17, 15) is 14.7 Å². The van der Waals surface area contributed by atoms with Crippen molar-refractivity contribution in [3.05, 3.63) is 0 Å². The Hall–Kier alpha value is -1.10. The van der Waals surface area contributed by atoms with Crippen LogP contribution in [0.15, 0.2) is 0 Å². The zero-order valence-corrected chi connectivity index (χ0v) is 12.5. The maximum Gasteiger partial charge on any atom is 0.225 e. The van der Waals surface area contributed by atoms with Gasteiger partial charge in [0.15, 0.2) is 0 Å². The van der Waals surface area contributed by atoms with Crippen molar-refractivity contribution >= 4 is 11.8 Å². The first-order valence-electron chi connectivity index (χ1n) is 7.70. The van der Waals surface area contributed by atoms with Gasteiger partial charge in [0, 0.05) is 19.5 Å². The molecule has 5 nitrogen and oxygen atoms in total. The maximum atomic E-state index is 12.4. The fourth-order valence-corrected chi connectivity index (χ4v) is 3.57. The lowest BCUT2D eigenvalue weighted by Gasteiger charge is -2.40. The number of hydrogen-bond donors (Lipinski definition) is 2. The van der Waals surface area contributed by atoms with Crippen LogP contribution in [0.5, 0.6) is 0 Å². The number of nitrogens with one attached hydrogen (secondary N) is 1. The molecule has 20 heavy (non-hydrogen) atoms. The molecular formula is C15H26N2O3. The molecule has 1 heterocycles. The molecule has 3 atom stereocenters. The SMILES string of the molecule is CCN1CC(C(=O)NC2(CO)CCCC(C)C2)CC1=O. The Morgan fingerprint density at radius 1 is 1.55 bits per heavy atom. The van der Waals surface area contributed by atoms with E-state index < -0.39 is 5.54 Å². The summed E-state index contributed by atoms with van der Waals surface area (Å²) in [4.78, 5) is 25.8. The van der Waals surface area contributed by atoms with Gasteiger partial charge in [-0.15, -0.1) is 0 Å². The molecule has 1 saturated heterocycles. The fourth-order valence-electron chi connectivity index (χ4n) is 3.57. The van der Waals surface area contributed by atoms with Gasteiger partial charge >= 0.3 is 0 Å². The molecule has 5 heteroatoms. The van der Waals surface area contributed by atoms with E-state index in [0.717, 1.165) is 25.7 Å². The van der Waals surface area contributed by atoms with Gasteiger partial charge in [-0.1, -0.05) is 19.8 Å². The number of carbonyl (C=O) groups excluding carboxylic acids is 2. The Morgan fingerprint density at radius 3 is 2.85 bits per heavy atom. The predicted octanol–water partition coefficient (Wildman–Crippen LogP) is 0.912. The Morgan fingerprint density at radius 2 is 2.30 bits per heavy atom. The van der Waals surface area contributed by atoms with Crippen molar-refractivity contribution in [1.29, 1.82) is 0 Å². The smallest absolute Gasteiger partial charge is 0.225 e. The highest BCUT2D eigenvalue weighted by Gasteiger charge is 2.40. The molecule has 0 aromatic rings. The summed E-state index contributed by atoms with van der Waals surface area (Å²) < 4.78 is 0. The van der Waals surface area contributed by atoms with Crippen LogP contribution in [0.25, 0.3) is 0 Å². The minimum atomic E-state index is -0.475. The summed E-state index contributed by atoms with van der Waals surface area (Å²) in [6, 6.07) is 0. The number of nitrogens with zero attached hydrogens (tertiary/aromatic N) is 1. The Bertz CT molecular complexity index is 385. The molecule has 2 N–H and O–H groups in total. The monoisotopic (exact) mass is 282 g/mol. The third kappa shape index (κ3) is 3.14. The molecule has 0 aromatic heterocycles. The number of hydrogen-bond acceptors (Lipinski definition) is 3. The van der Waals surface area contributed by atoms with Crippen molar-refractivity contribution in [2.24, 2.45) is 11.8 Å². The van der Waals surface area contributed by atoms with E-state index >= 15 is 0 Å². The summed E-state index contributed by atoms with van der Waals surface area (Å²) in [5.41, 5.74) is -0.475. The number of aliphatic hydroxyl groups excluding tert-OH is 1. The second-order valence-electron chi connectivity index (χ2n) is 6.46. The van der Waals surface area contributed by atoms with Crippen LogP contribution in [0.4, 0.5) is 0 Å². The molecule has 0 aromatic carbocycles. The van der Waals surface area contributed by atoms with Gasteiger partial charge in [0.25, 0.3) is 0 Å². The number of amides is 2. The zero-order chi connectivity index (χ0) is 14.8. The van der Waals surface area contributed by atoms with Crippen LogP contribution in [0.2, 0.25) is 0 Å². The lowest BCUT2D eigenvalue weighted by Crippen LogP contribution is -2.55. The van der Waals surface area contributed by atoms with E-state index in [1.165, 1.54) is 0 Å². The predicted molar refractivity (Wildman–Crippen MR) is 76.0 cm³/mol. The topological polar surface area (TPSA) is 69.6 Å². The highest BCUT2D eigenvalue weighted by Crippen LogP contribution is 2.32. The van der Waals surface area contributed by atoms with E-state index in [1.807, 2.05) is 6.92 Å². The van der Waals surface area contributed by atoms with Crippen LogP contribution < -0.4 is 5.32 Å². The van der Waals surface area contributed by atoms with Crippen LogP contribution in [0.3, 0.4) is 0 Å². The first-order valence-corrected chi connectivity index (χ1v) is 7.70. The lowest BCUT2D eigenvalue weighted by molar-refractivity contribution is -0.130. The quantitative estimate of drug-likeness (QED) is 0.805. The molecule has 2 aliphatic rings. The molecule has 0 radical (unpaired) electrons. The van der Waals surface area contributed by atoms with Gasteiger partial charge in [-0.25, -0.2) is 0 Å². The molecule has 1 saturated carbocycles. The minimum absolute atomic E-state index is 0.0127. The van der Waals surface area contributed by atoms with Crippen LogP contribution in [-0.4, -0.2) is 47.1 Å². The first kappa shape index (κ1) is 15.3. The van der Waals surface area contributed by atoms with Gasteiger partial charge in [-0.2, -0.15) is 0 Å². The lowest BCUT2D eigenvalue weighted by atomic mass is 9.76. The standard InChI is InChI=1S/C15H26N2O3/c1-3-17-9-12(7-13(17)19)14(20)16-15(10-18)6-4-5-11(2)8-15/h11-12,18H,3-10H2,1-2H3,(H,16,20). The van der Waals surface area contributed by atoms with Crippen molar-refractivity contribution in [2.75, 3.05) is 19.7 Å². The maximum absolute atomic E-state index is 12.4. The molecule has 1 aliphatic heterocycles. The molecule has 2 amide bonds. The van der Waals surface area contributed by atoms with Gasteiger partial charge in [0.2, 0.25) is 11.8 Å². The molecule has 1 aliphatic carbocycles. The molecular weight excluding hydrogens is 256 g/mol. The molecule has 114 valence electrons. The highest BCUT2D eigenvalue weighted by molar-refractivity contribution is 5.89. The Balaban J connectivity index is 1.98. The van der Waals surface area contributed by atoms with Gasteiger partial charge in [0.05, 0.1) is 18.1 Å². The highest BCUT2D eigenvalue weighted by atomic mass is 16.3. The third-order valence-electron chi connectivity index (χ3n) is 4.75. The van der Waals surface area contributed by atoms with E-state index in [1.54, 1.807) is 4.90 Å². The average Bonchev–Trinajstić information content (AvgIpc) is 2.80. The first-order chi connectivity index (χ1) is 9.49. The number of carbonyl (C=O) groups is 2. The molecule has 0 spiro atoms. The van der Waals surface area contributed by atoms with Crippen LogP contribution in [0, 0.1) is 11.8 Å². The van der Waals surface area contributed by atoms with Gasteiger partial charge in [-0.3, -0.25) is 9.59 Å². The summed E-state index contributed by atoms with van der Waals surface area (Å²) in [6.07, 6.45) is 4.15. The Labute approximate surface area is 120 Å². The second kappa shape index (κ2) is 6.12. The van der Waals surface area contributed by atoms with Crippen molar-refractivity contribution in [3.63, 3.8) is 0 Å². The van der Waals surface area contributed by atoms with E-state index in [0.29, 0.717) is 25.4 Å². The van der Waals surface area contributed by atoms with Crippen LogP contribution >= 0.6 is 0 Å². The van der Waals surface area contributed by atoms with Gasteiger partial charge in [-0.05, 0) is 25.7 Å². The van der Waals surface area contributed by atoms with Crippen molar-refractivity contribution in [1.82, 2.24) is 10.2 Å². The third-order valence-corrected chi connectivity index (χ3v) is 4.75. The molecule has 3 unspecified atom stereocenters. The molecule has 2 rings (SSSR count). The number of rotatable bonds is 4. The minimum Gasteiger partial charge on any atom is -0.394 e. The van der Waals surface area contributed by atoms with E-state index in [2.05, 4.69) is 12.2 Å². The van der Waals surface area contributed by atoms with E-state index in [-0.39, 0.29) is 24.3 Å².